The third kappa shape index (κ3) is 6.69. The van der Waals surface area contributed by atoms with Crippen molar-refractivity contribution < 1.29 is 13.2 Å². The molecule has 5 nitrogen and oxygen atoms in total. The van der Waals surface area contributed by atoms with Crippen LogP contribution in [0.2, 0.25) is 5.02 Å². The summed E-state index contributed by atoms with van der Waals surface area (Å²) in [6, 6.07) is 26.8. The summed E-state index contributed by atoms with van der Waals surface area (Å²) < 4.78 is 28.2. The third-order valence-corrected chi connectivity index (χ3v) is 8.21. The summed E-state index contributed by atoms with van der Waals surface area (Å²) in [4.78, 5) is 13.9. The number of thioether (sulfide) groups is 1. The number of amides is 1. The molecule has 4 rings (SSSR count). The average Bonchev–Trinajstić information content (AvgIpc) is 2.86. The molecule has 0 radical (unpaired) electrons. The minimum atomic E-state index is -3.75. The number of carbonyl (C=O) groups is 1. The van der Waals surface area contributed by atoms with E-state index in [9.17, 15) is 13.2 Å². The maximum absolute atomic E-state index is 12.8. The van der Waals surface area contributed by atoms with Crippen LogP contribution in [0.25, 0.3) is 0 Å². The van der Waals surface area contributed by atoms with E-state index in [-0.39, 0.29) is 10.8 Å². The first-order valence-electron chi connectivity index (χ1n) is 11.2. The largest absolute Gasteiger partial charge is 0.322 e. The first-order valence-corrected chi connectivity index (χ1v) is 14.0. The molecule has 0 unspecified atom stereocenters. The van der Waals surface area contributed by atoms with Gasteiger partial charge in [0.2, 0.25) is 0 Å². The minimum absolute atomic E-state index is 0.115. The molecule has 184 valence electrons. The van der Waals surface area contributed by atoms with Crippen LogP contribution in [0.5, 0.6) is 0 Å². The van der Waals surface area contributed by atoms with Crippen molar-refractivity contribution in [2.45, 2.75) is 29.4 Å². The van der Waals surface area contributed by atoms with Gasteiger partial charge in [-0.1, -0.05) is 35.9 Å². The Bertz CT molecular complexity index is 1470. The van der Waals surface area contributed by atoms with E-state index < -0.39 is 10.0 Å². The molecule has 0 bridgehead atoms. The van der Waals surface area contributed by atoms with Crippen molar-refractivity contribution in [2.75, 3.05) is 10.0 Å². The SMILES string of the molecule is Cc1ccc(C)c(NS(=O)(=O)c2ccc(NC(=O)c3ccc(CSc4ccc(Cl)cc4)cc3)cc2)c1. The second kappa shape index (κ2) is 11.2. The quantitative estimate of drug-likeness (QED) is 0.232. The number of sulfonamides is 1. The fourth-order valence-electron chi connectivity index (χ4n) is 3.42. The Morgan fingerprint density at radius 2 is 1.53 bits per heavy atom. The maximum Gasteiger partial charge on any atom is 0.261 e. The molecule has 0 aliphatic heterocycles. The predicted octanol–water partition coefficient (Wildman–Crippen LogP) is 7.30. The second-order valence-corrected chi connectivity index (χ2v) is 11.5. The smallest absolute Gasteiger partial charge is 0.261 e. The Balaban J connectivity index is 1.36. The molecule has 4 aromatic rings. The van der Waals surface area contributed by atoms with E-state index in [1.807, 2.05) is 62.4 Å². The molecule has 0 aliphatic rings. The molecule has 2 N–H and O–H groups in total. The molecule has 0 heterocycles. The average molecular weight is 537 g/mol. The van der Waals surface area contributed by atoms with Gasteiger partial charge < -0.3 is 5.32 Å². The van der Waals surface area contributed by atoms with E-state index in [1.165, 1.54) is 12.1 Å². The van der Waals surface area contributed by atoms with Crippen LogP contribution in [0.15, 0.2) is 101 Å². The standard InChI is InChI=1S/C28H25ClN2O3S2/c1-19-3-4-20(2)27(17-19)31-36(33,34)26-15-11-24(12-16-26)30-28(32)22-7-5-21(6-8-22)18-35-25-13-9-23(29)10-14-25/h3-17,31H,18H2,1-2H3,(H,30,32). The number of aryl methyl sites for hydroxylation is 2. The van der Waals surface area contributed by atoms with Crippen molar-refractivity contribution >= 4 is 50.7 Å². The van der Waals surface area contributed by atoms with Crippen LogP contribution >= 0.6 is 23.4 Å². The van der Waals surface area contributed by atoms with Crippen LogP contribution in [0.3, 0.4) is 0 Å². The summed E-state index contributed by atoms with van der Waals surface area (Å²) in [7, 11) is -3.75. The van der Waals surface area contributed by atoms with E-state index in [4.69, 9.17) is 11.6 Å². The summed E-state index contributed by atoms with van der Waals surface area (Å²) in [5, 5.41) is 3.52. The van der Waals surface area contributed by atoms with Crippen LogP contribution in [0, 0.1) is 13.8 Å². The number of hydrogen-bond acceptors (Lipinski definition) is 4. The van der Waals surface area contributed by atoms with Crippen molar-refractivity contribution in [3.63, 3.8) is 0 Å². The summed E-state index contributed by atoms with van der Waals surface area (Å²) in [5.41, 5.74) is 4.46. The van der Waals surface area contributed by atoms with Gasteiger partial charge >= 0.3 is 0 Å². The molecule has 36 heavy (non-hydrogen) atoms. The van der Waals surface area contributed by atoms with Gasteiger partial charge in [0.25, 0.3) is 15.9 Å². The summed E-state index contributed by atoms with van der Waals surface area (Å²) in [6.07, 6.45) is 0. The topological polar surface area (TPSA) is 75.3 Å². The van der Waals surface area contributed by atoms with E-state index in [1.54, 1.807) is 42.1 Å². The highest BCUT2D eigenvalue weighted by Gasteiger charge is 2.16. The fourth-order valence-corrected chi connectivity index (χ4v) is 5.52. The molecule has 0 aliphatic carbocycles. The predicted molar refractivity (Wildman–Crippen MR) is 149 cm³/mol. The monoisotopic (exact) mass is 536 g/mol. The summed E-state index contributed by atoms with van der Waals surface area (Å²) in [6.45, 7) is 3.75. The number of hydrogen-bond donors (Lipinski definition) is 2. The van der Waals surface area contributed by atoms with Crippen molar-refractivity contribution in [1.82, 2.24) is 0 Å². The summed E-state index contributed by atoms with van der Waals surface area (Å²) >= 11 is 7.62. The molecule has 0 fully saturated rings. The highest BCUT2D eigenvalue weighted by molar-refractivity contribution is 7.98. The molecule has 4 aromatic carbocycles. The van der Waals surface area contributed by atoms with Crippen LogP contribution < -0.4 is 10.0 Å². The van der Waals surface area contributed by atoms with Crippen LogP contribution in [0.1, 0.15) is 27.0 Å². The molecule has 0 saturated carbocycles. The van der Waals surface area contributed by atoms with Gasteiger partial charge in [-0.25, -0.2) is 8.42 Å². The Morgan fingerprint density at radius 3 is 2.19 bits per heavy atom. The first-order chi connectivity index (χ1) is 17.2. The molecule has 8 heteroatoms. The van der Waals surface area contributed by atoms with Gasteiger partial charge in [-0.3, -0.25) is 9.52 Å². The van der Waals surface area contributed by atoms with Gasteiger partial charge in [-0.15, -0.1) is 11.8 Å². The minimum Gasteiger partial charge on any atom is -0.322 e. The number of halogens is 1. The Morgan fingerprint density at radius 1 is 0.861 bits per heavy atom. The number of rotatable bonds is 8. The molecule has 0 saturated heterocycles. The van der Waals surface area contributed by atoms with E-state index in [0.717, 1.165) is 27.3 Å². The number of benzene rings is 4. The molecule has 0 atom stereocenters. The van der Waals surface area contributed by atoms with E-state index >= 15 is 0 Å². The Kier molecular flexibility index (Phi) is 8.04. The lowest BCUT2D eigenvalue weighted by atomic mass is 10.1. The lowest BCUT2D eigenvalue weighted by molar-refractivity contribution is 0.102. The second-order valence-electron chi connectivity index (χ2n) is 8.34. The van der Waals surface area contributed by atoms with Crippen LogP contribution in [0.4, 0.5) is 11.4 Å². The van der Waals surface area contributed by atoms with E-state index in [0.29, 0.717) is 22.0 Å². The van der Waals surface area contributed by atoms with E-state index in [2.05, 4.69) is 10.0 Å². The van der Waals surface area contributed by atoms with Crippen LogP contribution in [-0.2, 0) is 15.8 Å². The van der Waals surface area contributed by atoms with Gasteiger partial charge in [-0.05, 0) is 97.3 Å². The number of anilines is 2. The Labute approximate surface area is 221 Å². The summed E-state index contributed by atoms with van der Waals surface area (Å²) in [5.74, 6) is 0.506. The molecule has 1 amide bonds. The fraction of sp³-hybridized carbons (Fsp3) is 0.107. The number of nitrogens with one attached hydrogen (secondary N) is 2. The van der Waals surface area contributed by atoms with Crippen molar-refractivity contribution in [3.8, 4) is 0 Å². The van der Waals surface area contributed by atoms with Gasteiger partial charge in [0.1, 0.15) is 0 Å². The lowest BCUT2D eigenvalue weighted by Gasteiger charge is -2.12. The number of carbonyl (C=O) groups excluding carboxylic acids is 1. The molecule has 0 aromatic heterocycles. The van der Waals surface area contributed by atoms with Crippen molar-refractivity contribution in [3.05, 3.63) is 118 Å². The third-order valence-electron chi connectivity index (χ3n) is 5.50. The zero-order chi connectivity index (χ0) is 25.7. The Hall–Kier alpha value is -3.26. The molecule has 0 spiro atoms. The van der Waals surface area contributed by atoms with Gasteiger partial charge in [0.15, 0.2) is 0 Å². The van der Waals surface area contributed by atoms with Crippen molar-refractivity contribution in [1.29, 1.82) is 0 Å². The van der Waals surface area contributed by atoms with Crippen LogP contribution in [-0.4, -0.2) is 14.3 Å². The zero-order valence-corrected chi connectivity index (χ0v) is 22.2. The molecular weight excluding hydrogens is 512 g/mol. The highest BCUT2D eigenvalue weighted by Crippen LogP contribution is 2.25. The van der Waals surface area contributed by atoms with Gasteiger partial charge in [0, 0.05) is 26.9 Å². The maximum atomic E-state index is 12.8. The molecular formula is C28H25ClN2O3S2. The lowest BCUT2D eigenvalue weighted by Crippen LogP contribution is -2.15. The normalized spacial score (nSPS) is 11.2. The zero-order valence-electron chi connectivity index (χ0n) is 19.8. The first kappa shape index (κ1) is 25.8. The van der Waals surface area contributed by atoms with Gasteiger partial charge in [-0.2, -0.15) is 0 Å². The highest BCUT2D eigenvalue weighted by atomic mass is 35.5. The van der Waals surface area contributed by atoms with Crippen molar-refractivity contribution in [2.24, 2.45) is 0 Å². The van der Waals surface area contributed by atoms with Gasteiger partial charge in [0.05, 0.1) is 10.6 Å².